The van der Waals surface area contributed by atoms with Crippen molar-refractivity contribution < 1.29 is 17.7 Å². The third kappa shape index (κ3) is 5.58. The van der Waals surface area contributed by atoms with Crippen LogP contribution >= 0.6 is 0 Å². The van der Waals surface area contributed by atoms with Gasteiger partial charge in [-0.3, -0.25) is 9.80 Å². The highest BCUT2D eigenvalue weighted by molar-refractivity contribution is 6.99. The van der Waals surface area contributed by atoms with Gasteiger partial charge in [-0.1, -0.05) is 158 Å². The Morgan fingerprint density at radius 1 is 0.329 bits per heavy atom. The van der Waals surface area contributed by atoms with Crippen molar-refractivity contribution in [3.63, 3.8) is 0 Å². The van der Waals surface area contributed by atoms with Crippen LogP contribution < -0.4 is 31.5 Å². The summed E-state index contributed by atoms with van der Waals surface area (Å²) >= 11 is 0. The average molecular weight is 900 g/mol. The summed E-state index contributed by atoms with van der Waals surface area (Å²) in [4.78, 5) is 6.97. The van der Waals surface area contributed by atoms with E-state index in [1.807, 2.05) is 24.3 Å². The van der Waals surface area contributed by atoms with Crippen LogP contribution in [-0.4, -0.2) is 6.71 Å². The number of benzene rings is 9. The van der Waals surface area contributed by atoms with Gasteiger partial charge in [0.15, 0.2) is 0 Å². The Labute approximate surface area is 402 Å². The fraction of sp³-hybridized carbons (Fsp3) is 0. The lowest BCUT2D eigenvalue weighted by Gasteiger charge is -2.40. The van der Waals surface area contributed by atoms with Crippen molar-refractivity contribution >= 4 is 119 Å². The van der Waals surface area contributed by atoms with E-state index in [-0.39, 0.29) is 0 Å². The van der Waals surface area contributed by atoms with E-state index in [0.29, 0.717) is 11.8 Å². The van der Waals surface area contributed by atoms with Crippen LogP contribution in [0.4, 0.5) is 51.6 Å². The molecular weight excluding hydrogens is 862 g/mol. The Hall–Kier alpha value is -9.40. The Kier molecular flexibility index (Phi) is 8.32. The molecule has 0 amide bonds. The summed E-state index contributed by atoms with van der Waals surface area (Å²) in [6.45, 7) is -0.479. The Bertz CT molecular complexity index is 3890. The maximum Gasteiger partial charge on any atom is 0.342 e. The topological polar surface area (TPSA) is 62.3 Å². The highest BCUT2D eigenvalue weighted by Crippen LogP contribution is 2.56. The SMILES string of the molecule is c1ccc(-c2c(N3c4cc(N(c5ccccc5)c5ccccc5)cc5c4B(c4oc6ccccc6c43)c3oc4ccccc4c3N5c3oc4ccccc4c3-c3ccccc3)oc3ccccc23)cc1. The van der Waals surface area contributed by atoms with Crippen LogP contribution in [0.1, 0.15) is 0 Å². The molecule has 0 fully saturated rings. The number of fused-ring (bicyclic) bond motifs is 10. The molecule has 0 saturated carbocycles. The molecule has 0 saturated heterocycles. The number of hydrogen-bond donors (Lipinski definition) is 0. The van der Waals surface area contributed by atoms with Crippen LogP contribution in [0.3, 0.4) is 0 Å². The zero-order valence-electron chi connectivity index (χ0n) is 37.5. The van der Waals surface area contributed by atoms with Crippen molar-refractivity contribution in [2.45, 2.75) is 0 Å². The lowest BCUT2D eigenvalue weighted by Crippen LogP contribution is -2.60. The molecule has 8 heteroatoms. The molecule has 13 aromatic rings. The summed E-state index contributed by atoms with van der Waals surface area (Å²) in [6.07, 6.45) is 0. The van der Waals surface area contributed by atoms with Crippen LogP contribution in [0.25, 0.3) is 66.1 Å². The van der Waals surface area contributed by atoms with Gasteiger partial charge in [0.05, 0.1) is 28.2 Å². The van der Waals surface area contributed by atoms with Gasteiger partial charge >= 0.3 is 6.71 Å². The number of para-hydroxylation sites is 6. The smallest absolute Gasteiger partial charge is 0.342 e. The Balaban J connectivity index is 1.14. The molecule has 2 aliphatic rings. The first-order valence-corrected chi connectivity index (χ1v) is 23.6. The zero-order valence-corrected chi connectivity index (χ0v) is 37.5. The lowest BCUT2D eigenvalue weighted by atomic mass is 9.37. The van der Waals surface area contributed by atoms with E-state index >= 15 is 0 Å². The molecule has 15 rings (SSSR count). The number of rotatable bonds is 7. The lowest BCUT2D eigenvalue weighted by molar-refractivity contribution is 0.615. The summed E-state index contributed by atoms with van der Waals surface area (Å²) in [6, 6.07) is 80.2. The van der Waals surface area contributed by atoms with E-state index in [1.54, 1.807) is 0 Å². The van der Waals surface area contributed by atoms with Gasteiger partial charge in [0.25, 0.3) is 0 Å². The molecule has 0 spiro atoms. The first kappa shape index (κ1) is 38.7. The molecule has 0 radical (unpaired) electrons. The highest BCUT2D eigenvalue weighted by Gasteiger charge is 2.52. The number of anilines is 9. The molecule has 7 nitrogen and oxygen atoms in total. The average Bonchev–Trinajstić information content (AvgIpc) is 4.21. The van der Waals surface area contributed by atoms with E-state index < -0.39 is 6.71 Å². The molecule has 6 heterocycles. The van der Waals surface area contributed by atoms with Gasteiger partial charge in [-0.2, -0.15) is 0 Å². The summed E-state index contributed by atoms with van der Waals surface area (Å²) in [5, 5.41) is 3.94. The zero-order chi connectivity index (χ0) is 45.9. The Morgan fingerprint density at radius 3 is 1.09 bits per heavy atom. The van der Waals surface area contributed by atoms with Gasteiger partial charge in [0.1, 0.15) is 33.7 Å². The fourth-order valence-electron chi connectivity index (χ4n) is 11.2. The third-order valence-electron chi connectivity index (χ3n) is 14.0. The number of furan rings is 4. The van der Waals surface area contributed by atoms with E-state index in [0.717, 1.165) is 123 Å². The predicted molar refractivity (Wildman–Crippen MR) is 285 cm³/mol. The minimum atomic E-state index is -0.479. The van der Waals surface area contributed by atoms with Gasteiger partial charge in [-0.05, 0) is 89.4 Å². The molecule has 0 aliphatic carbocycles. The molecule has 328 valence electrons. The van der Waals surface area contributed by atoms with Crippen molar-refractivity contribution in [1.29, 1.82) is 0 Å². The minimum Gasteiger partial charge on any atom is -0.468 e. The summed E-state index contributed by atoms with van der Waals surface area (Å²) in [7, 11) is 0. The van der Waals surface area contributed by atoms with Crippen molar-refractivity contribution in [3.8, 4) is 22.3 Å². The maximum absolute atomic E-state index is 7.28. The summed E-state index contributed by atoms with van der Waals surface area (Å²) in [5.41, 5.74) is 16.2. The van der Waals surface area contributed by atoms with E-state index in [1.165, 1.54) is 0 Å². The standard InChI is InChI=1S/C62H38BN3O4/c1-5-21-39(22-6-1)54-44-29-13-17-33-50(44)69-61(54)65-48-37-43(64(41-25-9-3-10-26-41)42-27-11-4-12-28-42)38-49-56(48)63(59-57(65)46-31-15-19-35-52(46)67-59)60-58(47-32-16-20-36-53(47)68-60)66(49)62-55(40-23-7-2-8-24-40)45-30-14-18-34-51(45)70-62/h1-38H. The molecule has 0 bridgehead atoms. The summed E-state index contributed by atoms with van der Waals surface area (Å²) in [5.74, 6) is 1.36. The van der Waals surface area contributed by atoms with E-state index in [9.17, 15) is 0 Å². The van der Waals surface area contributed by atoms with Crippen LogP contribution in [0.2, 0.25) is 0 Å². The van der Waals surface area contributed by atoms with Gasteiger partial charge in [-0.25, -0.2) is 0 Å². The summed E-state index contributed by atoms with van der Waals surface area (Å²) < 4.78 is 29.1. The van der Waals surface area contributed by atoms with Crippen LogP contribution in [0, 0.1) is 0 Å². The maximum atomic E-state index is 7.28. The van der Waals surface area contributed by atoms with Crippen molar-refractivity contribution in [2.75, 3.05) is 14.7 Å². The van der Waals surface area contributed by atoms with Crippen molar-refractivity contribution in [1.82, 2.24) is 0 Å². The predicted octanol–water partition coefficient (Wildman–Crippen LogP) is 15.6. The first-order valence-electron chi connectivity index (χ1n) is 23.6. The first-order chi connectivity index (χ1) is 34.8. The monoisotopic (exact) mass is 899 g/mol. The molecular formula is C62H38BN3O4. The molecule has 9 aromatic carbocycles. The van der Waals surface area contributed by atoms with Gasteiger partial charge in [0, 0.05) is 44.3 Å². The molecule has 70 heavy (non-hydrogen) atoms. The second kappa shape index (κ2) is 15.1. The quantitative estimate of drug-likeness (QED) is 0.148. The van der Waals surface area contributed by atoms with Crippen molar-refractivity contribution in [3.05, 3.63) is 231 Å². The van der Waals surface area contributed by atoms with Crippen LogP contribution in [-0.2, 0) is 0 Å². The largest absolute Gasteiger partial charge is 0.468 e. The minimum absolute atomic E-state index is 0.479. The van der Waals surface area contributed by atoms with Crippen molar-refractivity contribution in [2.24, 2.45) is 0 Å². The van der Waals surface area contributed by atoms with E-state index in [2.05, 4.69) is 221 Å². The van der Waals surface area contributed by atoms with Gasteiger partial charge < -0.3 is 22.6 Å². The third-order valence-corrected chi connectivity index (χ3v) is 14.0. The van der Waals surface area contributed by atoms with Crippen LogP contribution in [0.15, 0.2) is 248 Å². The number of hydrogen-bond acceptors (Lipinski definition) is 7. The van der Waals surface area contributed by atoms with Gasteiger partial charge in [-0.15, -0.1) is 0 Å². The second-order valence-electron chi connectivity index (χ2n) is 17.9. The second-order valence-corrected chi connectivity index (χ2v) is 17.9. The molecule has 0 atom stereocenters. The highest BCUT2D eigenvalue weighted by atomic mass is 16.4. The number of nitrogens with zero attached hydrogens (tertiary/aromatic N) is 3. The molecule has 2 aliphatic heterocycles. The fourth-order valence-corrected chi connectivity index (χ4v) is 11.2. The molecule has 4 aromatic heterocycles. The van der Waals surface area contributed by atoms with E-state index in [4.69, 9.17) is 17.7 Å². The Morgan fingerprint density at radius 2 is 0.671 bits per heavy atom. The molecule has 0 unspecified atom stereocenters. The van der Waals surface area contributed by atoms with Gasteiger partial charge in [0.2, 0.25) is 11.8 Å². The normalized spacial score (nSPS) is 12.8. The molecule has 0 N–H and O–H groups in total. The van der Waals surface area contributed by atoms with Crippen LogP contribution in [0.5, 0.6) is 0 Å².